The molecule has 29 heavy (non-hydrogen) atoms. The molecule has 4 rings (SSSR count). The van der Waals surface area contributed by atoms with Gasteiger partial charge < -0.3 is 10.4 Å². The van der Waals surface area contributed by atoms with Crippen LogP contribution in [-0.4, -0.2) is 37.0 Å². The van der Waals surface area contributed by atoms with Crippen LogP contribution in [0.2, 0.25) is 0 Å². The van der Waals surface area contributed by atoms with E-state index in [9.17, 15) is 13.5 Å². The molecule has 1 fully saturated rings. The molecule has 3 aromatic carbocycles. The van der Waals surface area contributed by atoms with Crippen LogP contribution in [-0.2, 0) is 16.6 Å². The molecular weight excluding hydrogens is 452 g/mol. The van der Waals surface area contributed by atoms with E-state index in [1.807, 2.05) is 48.5 Å². The van der Waals surface area contributed by atoms with Gasteiger partial charge in [-0.3, -0.25) is 0 Å². The molecule has 5 nitrogen and oxygen atoms in total. The minimum atomic E-state index is -3.54. The lowest BCUT2D eigenvalue weighted by atomic mass is 10.1. The van der Waals surface area contributed by atoms with Crippen molar-refractivity contribution in [3.63, 3.8) is 0 Å². The summed E-state index contributed by atoms with van der Waals surface area (Å²) in [6, 6.07) is 18.9. The van der Waals surface area contributed by atoms with E-state index in [1.54, 1.807) is 16.4 Å². The Labute approximate surface area is 179 Å². The van der Waals surface area contributed by atoms with Crippen molar-refractivity contribution in [2.75, 3.05) is 18.4 Å². The van der Waals surface area contributed by atoms with Crippen LogP contribution < -0.4 is 5.32 Å². The minimum Gasteiger partial charge on any atom is -0.392 e. The molecule has 1 aliphatic rings. The lowest BCUT2D eigenvalue weighted by Gasteiger charge is -2.32. The summed E-state index contributed by atoms with van der Waals surface area (Å²) in [7, 11) is -3.54. The number of fused-ring (bicyclic) bond motifs is 1. The van der Waals surface area contributed by atoms with E-state index in [4.69, 9.17) is 0 Å². The van der Waals surface area contributed by atoms with Gasteiger partial charge in [0, 0.05) is 40.2 Å². The number of hydrogen-bond acceptors (Lipinski definition) is 4. The van der Waals surface area contributed by atoms with Crippen LogP contribution in [0.3, 0.4) is 0 Å². The molecule has 1 aliphatic heterocycles. The van der Waals surface area contributed by atoms with Gasteiger partial charge in [-0.15, -0.1) is 0 Å². The van der Waals surface area contributed by atoms with Crippen molar-refractivity contribution in [1.29, 1.82) is 0 Å². The van der Waals surface area contributed by atoms with Crippen LogP contribution in [0.25, 0.3) is 10.8 Å². The maximum Gasteiger partial charge on any atom is 0.243 e. The second-order valence-corrected chi connectivity index (χ2v) is 10.1. The zero-order valence-corrected chi connectivity index (χ0v) is 18.3. The molecule has 0 atom stereocenters. The number of halogens is 1. The van der Waals surface area contributed by atoms with Gasteiger partial charge in [0.2, 0.25) is 10.0 Å². The number of aliphatic hydroxyl groups is 1. The summed E-state index contributed by atoms with van der Waals surface area (Å²) in [6.45, 7) is 0.887. The van der Waals surface area contributed by atoms with Crippen LogP contribution in [0.15, 0.2) is 70.0 Å². The Hall–Kier alpha value is -1.93. The van der Waals surface area contributed by atoms with E-state index in [2.05, 4.69) is 21.2 Å². The van der Waals surface area contributed by atoms with E-state index in [-0.39, 0.29) is 12.6 Å². The SMILES string of the molecule is O=S(=O)(c1cccc2ccccc12)N1CCC(Nc2ccc(Br)cc2CO)CC1. The maximum atomic E-state index is 13.3. The third-order valence-corrected chi connectivity index (χ3v) is 7.87. The molecule has 0 amide bonds. The third-order valence-electron chi connectivity index (χ3n) is 5.42. The van der Waals surface area contributed by atoms with Crippen molar-refractivity contribution in [3.05, 3.63) is 70.7 Å². The van der Waals surface area contributed by atoms with Crippen molar-refractivity contribution in [1.82, 2.24) is 4.31 Å². The second-order valence-electron chi connectivity index (χ2n) is 7.26. The summed E-state index contributed by atoms with van der Waals surface area (Å²) in [6.07, 6.45) is 1.43. The van der Waals surface area contributed by atoms with E-state index < -0.39 is 10.0 Å². The van der Waals surface area contributed by atoms with Crippen LogP contribution in [0.5, 0.6) is 0 Å². The predicted octanol–water partition coefficient (Wildman–Crippen LogP) is 4.36. The van der Waals surface area contributed by atoms with E-state index in [0.717, 1.165) is 26.5 Å². The lowest BCUT2D eigenvalue weighted by molar-refractivity contribution is 0.282. The Morgan fingerprint density at radius 3 is 2.52 bits per heavy atom. The maximum absolute atomic E-state index is 13.3. The van der Waals surface area contributed by atoms with Crippen molar-refractivity contribution in [2.24, 2.45) is 0 Å². The van der Waals surface area contributed by atoms with E-state index in [1.165, 1.54) is 0 Å². The third kappa shape index (κ3) is 4.19. The highest BCUT2D eigenvalue weighted by atomic mass is 79.9. The minimum absolute atomic E-state index is 0.0456. The zero-order chi connectivity index (χ0) is 20.4. The van der Waals surface area contributed by atoms with Gasteiger partial charge in [-0.1, -0.05) is 52.3 Å². The van der Waals surface area contributed by atoms with Crippen molar-refractivity contribution < 1.29 is 13.5 Å². The average Bonchev–Trinajstić information content (AvgIpc) is 2.75. The Morgan fingerprint density at radius 2 is 1.76 bits per heavy atom. The fourth-order valence-electron chi connectivity index (χ4n) is 3.85. The number of rotatable bonds is 5. The fourth-order valence-corrected chi connectivity index (χ4v) is 5.95. The Morgan fingerprint density at radius 1 is 1.03 bits per heavy atom. The highest BCUT2D eigenvalue weighted by Crippen LogP contribution is 2.29. The molecule has 7 heteroatoms. The molecule has 1 heterocycles. The summed E-state index contributed by atoms with van der Waals surface area (Å²) in [5.74, 6) is 0. The molecule has 0 aromatic heterocycles. The summed E-state index contributed by atoms with van der Waals surface area (Å²) in [5.41, 5.74) is 1.72. The molecule has 0 aliphatic carbocycles. The molecule has 0 spiro atoms. The first-order valence-electron chi connectivity index (χ1n) is 9.63. The summed E-state index contributed by atoms with van der Waals surface area (Å²) >= 11 is 3.42. The number of sulfonamides is 1. The Kier molecular flexibility index (Phi) is 5.92. The van der Waals surface area contributed by atoms with Crippen LogP contribution in [0.4, 0.5) is 5.69 Å². The molecular formula is C22H23BrN2O3S. The zero-order valence-electron chi connectivity index (χ0n) is 15.9. The monoisotopic (exact) mass is 474 g/mol. The highest BCUT2D eigenvalue weighted by Gasteiger charge is 2.30. The normalized spacial score (nSPS) is 16.2. The number of anilines is 1. The fraction of sp³-hybridized carbons (Fsp3) is 0.273. The number of piperidine rings is 1. The summed E-state index contributed by atoms with van der Waals surface area (Å²) < 4.78 is 29.0. The van der Waals surface area contributed by atoms with Crippen LogP contribution in [0, 0.1) is 0 Å². The smallest absolute Gasteiger partial charge is 0.243 e. The van der Waals surface area contributed by atoms with Gasteiger partial charge >= 0.3 is 0 Å². The van der Waals surface area contributed by atoms with Gasteiger partial charge in [0.15, 0.2) is 0 Å². The lowest BCUT2D eigenvalue weighted by Crippen LogP contribution is -2.42. The molecule has 0 bridgehead atoms. The molecule has 0 saturated carbocycles. The first-order chi connectivity index (χ1) is 14.0. The molecule has 2 N–H and O–H groups in total. The molecule has 0 unspecified atom stereocenters. The first kappa shape index (κ1) is 20.3. The quantitative estimate of drug-likeness (QED) is 0.576. The number of nitrogens with one attached hydrogen (secondary N) is 1. The van der Waals surface area contributed by atoms with Gasteiger partial charge in [0.25, 0.3) is 0 Å². The summed E-state index contributed by atoms with van der Waals surface area (Å²) in [4.78, 5) is 0.373. The standard InChI is InChI=1S/C22H23BrN2O3S/c23-18-8-9-21(17(14-18)15-26)24-19-10-12-25(13-11-19)29(27,28)22-7-3-5-16-4-1-2-6-20(16)22/h1-9,14,19,24,26H,10-13,15H2. The summed E-state index contributed by atoms with van der Waals surface area (Å²) in [5, 5.41) is 14.7. The van der Waals surface area contributed by atoms with Crippen LogP contribution in [0.1, 0.15) is 18.4 Å². The van der Waals surface area contributed by atoms with E-state index >= 15 is 0 Å². The van der Waals surface area contributed by atoms with Gasteiger partial charge in [-0.2, -0.15) is 4.31 Å². The van der Waals surface area contributed by atoms with Gasteiger partial charge in [-0.05, 0) is 42.5 Å². The van der Waals surface area contributed by atoms with Crippen molar-refractivity contribution in [2.45, 2.75) is 30.4 Å². The highest BCUT2D eigenvalue weighted by molar-refractivity contribution is 9.10. The van der Waals surface area contributed by atoms with E-state index in [0.29, 0.717) is 30.8 Å². The largest absolute Gasteiger partial charge is 0.392 e. The van der Waals surface area contributed by atoms with Crippen molar-refractivity contribution in [3.8, 4) is 0 Å². The predicted molar refractivity (Wildman–Crippen MR) is 119 cm³/mol. The van der Waals surface area contributed by atoms with Gasteiger partial charge in [0.1, 0.15) is 0 Å². The number of benzene rings is 3. The molecule has 152 valence electrons. The van der Waals surface area contributed by atoms with Crippen LogP contribution >= 0.6 is 15.9 Å². The first-order valence-corrected chi connectivity index (χ1v) is 11.9. The number of hydrogen-bond donors (Lipinski definition) is 2. The topological polar surface area (TPSA) is 69.6 Å². The van der Waals surface area contributed by atoms with Gasteiger partial charge in [0.05, 0.1) is 11.5 Å². The molecule has 1 saturated heterocycles. The van der Waals surface area contributed by atoms with Crippen molar-refractivity contribution >= 4 is 42.4 Å². The van der Waals surface area contributed by atoms with Gasteiger partial charge in [-0.25, -0.2) is 8.42 Å². The second kappa shape index (κ2) is 8.44. The average molecular weight is 475 g/mol. The molecule has 0 radical (unpaired) electrons. The molecule has 3 aromatic rings. The Balaban J connectivity index is 1.49. The number of nitrogens with zero attached hydrogens (tertiary/aromatic N) is 1. The Bertz CT molecular complexity index is 1120. The number of aliphatic hydroxyl groups excluding tert-OH is 1.